The van der Waals surface area contributed by atoms with Crippen LogP contribution in [0, 0.1) is 0 Å². The molecular weight excluding hydrogens is 196 g/mol. The fourth-order valence-corrected chi connectivity index (χ4v) is 1.42. The molecule has 14 heavy (non-hydrogen) atoms. The highest BCUT2D eigenvalue weighted by Crippen LogP contribution is 2.13. The van der Waals surface area contributed by atoms with E-state index in [4.69, 9.17) is 16.7 Å². The summed E-state index contributed by atoms with van der Waals surface area (Å²) in [5.41, 5.74) is 2.53. The van der Waals surface area contributed by atoms with Crippen LogP contribution >= 0.6 is 11.6 Å². The topological polar surface area (TPSA) is 20.2 Å². The summed E-state index contributed by atoms with van der Waals surface area (Å²) in [5.74, 6) is 0.989. The molecule has 0 aliphatic rings. The van der Waals surface area contributed by atoms with Crippen molar-refractivity contribution in [2.75, 3.05) is 5.88 Å². The van der Waals surface area contributed by atoms with Gasteiger partial charge in [0, 0.05) is 5.88 Å². The van der Waals surface area contributed by atoms with E-state index in [1.54, 1.807) is 12.1 Å². The lowest BCUT2D eigenvalue weighted by Crippen LogP contribution is -1.86. The van der Waals surface area contributed by atoms with Crippen molar-refractivity contribution in [2.45, 2.75) is 19.8 Å². The molecule has 0 amide bonds. The average molecular weight is 211 g/mol. The number of allylic oxidation sites excluding steroid dienone is 2. The molecule has 0 spiro atoms. The molecule has 0 aliphatic carbocycles. The molecule has 1 aromatic carbocycles. The van der Waals surface area contributed by atoms with Crippen LogP contribution in [0.4, 0.5) is 0 Å². The lowest BCUT2D eigenvalue weighted by molar-refractivity contribution is 0.475. The minimum absolute atomic E-state index is 0.316. The van der Waals surface area contributed by atoms with Gasteiger partial charge in [0.05, 0.1) is 0 Å². The molecule has 0 atom stereocenters. The van der Waals surface area contributed by atoms with Gasteiger partial charge in [-0.1, -0.05) is 23.8 Å². The minimum Gasteiger partial charge on any atom is -0.508 e. The molecule has 0 fully saturated rings. The van der Waals surface area contributed by atoms with Crippen LogP contribution in [0.3, 0.4) is 0 Å². The van der Waals surface area contributed by atoms with Crippen LogP contribution in [0.2, 0.25) is 0 Å². The first kappa shape index (κ1) is 11.1. The van der Waals surface area contributed by atoms with Crippen molar-refractivity contribution in [3.05, 3.63) is 41.5 Å². The molecule has 0 aliphatic heterocycles. The molecule has 0 radical (unpaired) electrons. The molecular formula is C12H15ClO. The van der Waals surface area contributed by atoms with Crippen LogP contribution in [0.5, 0.6) is 5.75 Å². The summed E-state index contributed by atoms with van der Waals surface area (Å²) in [6.45, 7) is 2.10. The smallest absolute Gasteiger partial charge is 0.115 e. The van der Waals surface area contributed by atoms with E-state index in [1.165, 1.54) is 11.1 Å². The predicted octanol–water partition coefficient (Wildman–Crippen LogP) is 3.51. The van der Waals surface area contributed by atoms with Gasteiger partial charge in [0.1, 0.15) is 5.75 Å². The van der Waals surface area contributed by atoms with Gasteiger partial charge in [0.2, 0.25) is 0 Å². The molecule has 0 unspecified atom stereocenters. The van der Waals surface area contributed by atoms with Crippen LogP contribution in [-0.2, 0) is 6.42 Å². The third-order valence-corrected chi connectivity index (χ3v) is 2.24. The van der Waals surface area contributed by atoms with Gasteiger partial charge in [-0.15, -0.1) is 11.6 Å². The van der Waals surface area contributed by atoms with E-state index in [0.29, 0.717) is 11.6 Å². The van der Waals surface area contributed by atoms with Crippen LogP contribution in [0.1, 0.15) is 18.9 Å². The first-order chi connectivity index (χ1) is 6.72. The zero-order valence-electron chi connectivity index (χ0n) is 8.33. The van der Waals surface area contributed by atoms with Gasteiger partial charge in [0.15, 0.2) is 0 Å². The Morgan fingerprint density at radius 2 is 2.00 bits per heavy atom. The Bertz CT molecular complexity index is 301. The third-order valence-electron chi connectivity index (χ3n) is 2.02. The molecule has 0 saturated carbocycles. The van der Waals surface area contributed by atoms with E-state index in [1.807, 2.05) is 12.1 Å². The number of hydrogen-bond acceptors (Lipinski definition) is 1. The number of halogens is 1. The van der Waals surface area contributed by atoms with Gasteiger partial charge in [-0.05, 0) is 37.5 Å². The van der Waals surface area contributed by atoms with Gasteiger partial charge in [0.25, 0.3) is 0 Å². The Labute approximate surface area is 90.0 Å². The maximum atomic E-state index is 9.10. The van der Waals surface area contributed by atoms with Crippen LogP contribution in [-0.4, -0.2) is 11.0 Å². The molecule has 1 aromatic rings. The predicted molar refractivity (Wildman–Crippen MR) is 60.9 cm³/mol. The van der Waals surface area contributed by atoms with Crippen molar-refractivity contribution in [2.24, 2.45) is 0 Å². The SMILES string of the molecule is CC(=CCCCl)Cc1ccc(O)cc1. The molecule has 2 heteroatoms. The number of rotatable bonds is 4. The van der Waals surface area contributed by atoms with E-state index >= 15 is 0 Å². The number of benzene rings is 1. The van der Waals surface area contributed by atoms with E-state index in [0.717, 1.165) is 12.8 Å². The second-order valence-corrected chi connectivity index (χ2v) is 3.75. The normalized spacial score (nSPS) is 11.7. The number of hydrogen-bond donors (Lipinski definition) is 1. The van der Waals surface area contributed by atoms with E-state index in [2.05, 4.69) is 13.0 Å². The molecule has 1 rings (SSSR count). The summed E-state index contributed by atoms with van der Waals surface area (Å²) in [4.78, 5) is 0. The molecule has 0 bridgehead atoms. The second-order valence-electron chi connectivity index (χ2n) is 3.37. The van der Waals surface area contributed by atoms with Crippen molar-refractivity contribution in [3.63, 3.8) is 0 Å². The highest BCUT2D eigenvalue weighted by atomic mass is 35.5. The minimum atomic E-state index is 0.316. The maximum Gasteiger partial charge on any atom is 0.115 e. The quantitative estimate of drug-likeness (QED) is 0.596. The van der Waals surface area contributed by atoms with Gasteiger partial charge in [-0.3, -0.25) is 0 Å². The van der Waals surface area contributed by atoms with Crippen molar-refractivity contribution in [3.8, 4) is 5.75 Å². The standard InChI is InChI=1S/C12H15ClO/c1-10(3-2-8-13)9-11-4-6-12(14)7-5-11/h3-7,14H,2,8-9H2,1H3. The number of aromatic hydroxyl groups is 1. The Morgan fingerprint density at radius 3 is 2.57 bits per heavy atom. The average Bonchev–Trinajstić information content (AvgIpc) is 2.18. The van der Waals surface area contributed by atoms with E-state index in [-0.39, 0.29) is 0 Å². The third kappa shape index (κ3) is 3.84. The summed E-state index contributed by atoms with van der Waals surface area (Å²) in [6.07, 6.45) is 4.00. The van der Waals surface area contributed by atoms with Crippen LogP contribution in [0.15, 0.2) is 35.9 Å². The van der Waals surface area contributed by atoms with Gasteiger partial charge >= 0.3 is 0 Å². The fourth-order valence-electron chi connectivity index (χ4n) is 1.31. The number of phenols is 1. The summed E-state index contributed by atoms with van der Waals surface area (Å²) in [5, 5.41) is 9.10. The van der Waals surface area contributed by atoms with Gasteiger partial charge in [-0.25, -0.2) is 0 Å². The lowest BCUT2D eigenvalue weighted by atomic mass is 10.1. The fraction of sp³-hybridized carbons (Fsp3) is 0.333. The van der Waals surface area contributed by atoms with Crippen LogP contribution in [0.25, 0.3) is 0 Å². The summed E-state index contributed by atoms with van der Waals surface area (Å²) in [7, 11) is 0. The molecule has 0 aromatic heterocycles. The molecule has 0 saturated heterocycles. The zero-order chi connectivity index (χ0) is 10.4. The Hall–Kier alpha value is -0.950. The first-order valence-corrected chi connectivity index (χ1v) is 5.25. The largest absolute Gasteiger partial charge is 0.508 e. The Balaban J connectivity index is 2.56. The van der Waals surface area contributed by atoms with Crippen molar-refractivity contribution >= 4 is 11.6 Å². The monoisotopic (exact) mass is 210 g/mol. The summed E-state index contributed by atoms with van der Waals surface area (Å²) < 4.78 is 0. The highest BCUT2D eigenvalue weighted by Gasteiger charge is 1.94. The maximum absolute atomic E-state index is 9.10. The van der Waals surface area contributed by atoms with E-state index in [9.17, 15) is 0 Å². The van der Waals surface area contributed by atoms with Crippen molar-refractivity contribution in [1.29, 1.82) is 0 Å². The highest BCUT2D eigenvalue weighted by molar-refractivity contribution is 6.17. The number of alkyl halides is 1. The van der Waals surface area contributed by atoms with Crippen LogP contribution < -0.4 is 0 Å². The van der Waals surface area contributed by atoms with Gasteiger partial charge < -0.3 is 5.11 Å². The lowest BCUT2D eigenvalue weighted by Gasteiger charge is -2.01. The Morgan fingerprint density at radius 1 is 1.36 bits per heavy atom. The summed E-state index contributed by atoms with van der Waals surface area (Å²) in [6, 6.07) is 7.30. The number of phenolic OH excluding ortho intramolecular Hbond substituents is 1. The molecule has 1 nitrogen and oxygen atoms in total. The first-order valence-electron chi connectivity index (χ1n) is 4.72. The van der Waals surface area contributed by atoms with Crippen molar-refractivity contribution < 1.29 is 5.11 Å². The molecule has 0 heterocycles. The molecule has 76 valence electrons. The zero-order valence-corrected chi connectivity index (χ0v) is 9.09. The van der Waals surface area contributed by atoms with Gasteiger partial charge in [-0.2, -0.15) is 0 Å². The second kappa shape index (κ2) is 5.71. The summed E-state index contributed by atoms with van der Waals surface area (Å²) >= 11 is 5.59. The Kier molecular flexibility index (Phi) is 4.54. The molecule has 1 N–H and O–H groups in total. The van der Waals surface area contributed by atoms with E-state index < -0.39 is 0 Å². The van der Waals surface area contributed by atoms with Crippen molar-refractivity contribution in [1.82, 2.24) is 0 Å².